The summed E-state index contributed by atoms with van der Waals surface area (Å²) in [4.78, 5) is 7.60. The standard InChI is InChI=1S/C21H20F3N3O5S2/c1-12-9-13(2)19(14(3)10-12)27-20-18(11-25-15(4)26-20)33(28,29)17-7-5-16(6-8-17)32-34(30,31)21(22,23)24/h5-11H,1-4H3,(H,25,26,27). The van der Waals surface area contributed by atoms with Gasteiger partial charge in [-0.2, -0.15) is 21.6 Å². The van der Waals surface area contributed by atoms with Crippen molar-refractivity contribution in [3.63, 3.8) is 0 Å². The van der Waals surface area contributed by atoms with Crippen LogP contribution < -0.4 is 9.50 Å². The maximum atomic E-state index is 13.3. The number of aromatic nitrogens is 2. The van der Waals surface area contributed by atoms with Gasteiger partial charge in [-0.05, 0) is 63.1 Å². The van der Waals surface area contributed by atoms with Gasteiger partial charge >= 0.3 is 15.6 Å². The molecule has 0 saturated carbocycles. The molecule has 3 rings (SSSR count). The number of nitrogens with zero attached hydrogens (tertiary/aromatic N) is 2. The van der Waals surface area contributed by atoms with Crippen molar-refractivity contribution in [2.45, 2.75) is 43.0 Å². The molecule has 1 aromatic heterocycles. The van der Waals surface area contributed by atoms with Crippen molar-refractivity contribution in [3.05, 3.63) is 65.1 Å². The van der Waals surface area contributed by atoms with Crippen LogP contribution in [-0.4, -0.2) is 32.3 Å². The van der Waals surface area contributed by atoms with Gasteiger partial charge in [-0.25, -0.2) is 18.4 Å². The number of sulfone groups is 1. The third-order valence-electron chi connectivity index (χ3n) is 4.71. The highest BCUT2D eigenvalue weighted by atomic mass is 32.2. The summed E-state index contributed by atoms with van der Waals surface area (Å²) in [5.74, 6) is -0.367. The summed E-state index contributed by atoms with van der Waals surface area (Å²) in [6.45, 7) is 7.24. The molecular weight excluding hydrogens is 495 g/mol. The fraction of sp³-hybridized carbons (Fsp3) is 0.238. The summed E-state index contributed by atoms with van der Waals surface area (Å²) in [6, 6.07) is 7.33. The normalized spacial score (nSPS) is 12.4. The fourth-order valence-electron chi connectivity index (χ4n) is 3.22. The monoisotopic (exact) mass is 515 g/mol. The second-order valence-corrected chi connectivity index (χ2v) is 10.9. The summed E-state index contributed by atoms with van der Waals surface area (Å²) >= 11 is 0. The van der Waals surface area contributed by atoms with Crippen LogP contribution in [0.4, 0.5) is 24.7 Å². The molecule has 8 nitrogen and oxygen atoms in total. The average Bonchev–Trinajstić information content (AvgIpc) is 2.70. The van der Waals surface area contributed by atoms with Crippen LogP contribution >= 0.6 is 0 Å². The van der Waals surface area contributed by atoms with E-state index in [1.165, 1.54) is 0 Å². The van der Waals surface area contributed by atoms with Crippen molar-refractivity contribution in [2.75, 3.05) is 5.32 Å². The summed E-state index contributed by atoms with van der Waals surface area (Å²) in [5.41, 5.74) is -2.19. The van der Waals surface area contributed by atoms with Crippen molar-refractivity contribution < 1.29 is 34.2 Å². The largest absolute Gasteiger partial charge is 0.534 e. The summed E-state index contributed by atoms with van der Waals surface area (Å²) < 4.78 is 90.4. The minimum absolute atomic E-state index is 0.0162. The Bertz CT molecular complexity index is 1430. The third-order valence-corrected chi connectivity index (χ3v) is 7.46. The van der Waals surface area contributed by atoms with Gasteiger partial charge in [0.15, 0.2) is 5.82 Å². The van der Waals surface area contributed by atoms with Crippen molar-refractivity contribution in [3.8, 4) is 5.75 Å². The Morgan fingerprint density at radius 3 is 2.00 bits per heavy atom. The molecule has 3 aromatic rings. The van der Waals surface area contributed by atoms with Crippen LogP contribution in [0.1, 0.15) is 22.5 Å². The van der Waals surface area contributed by atoms with E-state index in [4.69, 9.17) is 0 Å². The molecule has 0 saturated heterocycles. The van der Waals surface area contributed by atoms with Gasteiger partial charge in [0.2, 0.25) is 9.84 Å². The number of anilines is 2. The number of hydrogen-bond acceptors (Lipinski definition) is 8. The van der Waals surface area contributed by atoms with Gasteiger partial charge in [-0.1, -0.05) is 17.7 Å². The molecule has 0 spiro atoms. The molecule has 0 aliphatic heterocycles. The van der Waals surface area contributed by atoms with Crippen LogP contribution in [0.3, 0.4) is 0 Å². The summed E-state index contributed by atoms with van der Waals surface area (Å²) in [5, 5.41) is 3.05. The molecule has 13 heteroatoms. The van der Waals surface area contributed by atoms with E-state index in [1.807, 2.05) is 32.9 Å². The minimum atomic E-state index is -5.89. The van der Waals surface area contributed by atoms with Crippen molar-refractivity contribution in [1.82, 2.24) is 9.97 Å². The highest BCUT2D eigenvalue weighted by Crippen LogP contribution is 2.33. The van der Waals surface area contributed by atoms with Crippen molar-refractivity contribution in [2.24, 2.45) is 0 Å². The zero-order valence-corrected chi connectivity index (χ0v) is 20.1. The average molecular weight is 516 g/mol. The number of nitrogens with one attached hydrogen (secondary N) is 1. The number of hydrogen-bond donors (Lipinski definition) is 1. The SMILES string of the molecule is Cc1cc(C)c(Nc2nc(C)ncc2S(=O)(=O)c2ccc(OS(=O)(=O)C(F)(F)F)cc2)c(C)c1. The molecule has 0 aliphatic rings. The number of rotatable bonds is 6. The van der Waals surface area contributed by atoms with Gasteiger partial charge in [-0.15, -0.1) is 0 Å². The first-order chi connectivity index (χ1) is 15.6. The van der Waals surface area contributed by atoms with Gasteiger partial charge in [0.05, 0.1) is 11.1 Å². The smallest absolute Gasteiger partial charge is 0.376 e. The zero-order valence-electron chi connectivity index (χ0n) is 18.4. The maximum absolute atomic E-state index is 13.3. The molecule has 0 bridgehead atoms. The first kappa shape index (κ1) is 25.4. The van der Waals surface area contributed by atoms with E-state index in [2.05, 4.69) is 19.5 Å². The number of halogens is 3. The van der Waals surface area contributed by atoms with E-state index in [0.29, 0.717) is 11.5 Å². The minimum Gasteiger partial charge on any atom is -0.376 e. The van der Waals surface area contributed by atoms with E-state index in [0.717, 1.165) is 47.2 Å². The molecule has 0 aliphatic carbocycles. The molecule has 2 aromatic carbocycles. The zero-order chi connectivity index (χ0) is 25.5. The van der Waals surface area contributed by atoms with E-state index in [-0.39, 0.29) is 15.6 Å². The molecular formula is C21H20F3N3O5S2. The van der Waals surface area contributed by atoms with Crippen LogP contribution in [0.2, 0.25) is 0 Å². The third kappa shape index (κ3) is 5.14. The van der Waals surface area contributed by atoms with Crippen LogP contribution in [0.15, 0.2) is 52.4 Å². The highest BCUT2D eigenvalue weighted by molar-refractivity contribution is 7.91. The number of aryl methyl sites for hydroxylation is 4. The van der Waals surface area contributed by atoms with Gasteiger partial charge < -0.3 is 9.50 Å². The van der Waals surface area contributed by atoms with E-state index >= 15 is 0 Å². The fourth-order valence-corrected chi connectivity index (χ4v) is 4.97. The van der Waals surface area contributed by atoms with Crippen LogP contribution in [0.5, 0.6) is 5.75 Å². The number of alkyl halides is 3. The van der Waals surface area contributed by atoms with Crippen molar-refractivity contribution >= 4 is 31.5 Å². The molecule has 0 fully saturated rings. The highest BCUT2D eigenvalue weighted by Gasteiger charge is 2.48. The van der Waals surface area contributed by atoms with Crippen molar-refractivity contribution in [1.29, 1.82) is 0 Å². The Balaban J connectivity index is 2.01. The molecule has 182 valence electrons. The van der Waals surface area contributed by atoms with Gasteiger partial charge in [-0.3, -0.25) is 0 Å². The lowest BCUT2D eigenvalue weighted by molar-refractivity contribution is -0.0500. The molecule has 1 N–H and O–H groups in total. The van der Waals surface area contributed by atoms with Gasteiger partial charge in [0, 0.05) is 5.69 Å². The predicted octanol–water partition coefficient (Wildman–Crippen LogP) is 4.52. The topological polar surface area (TPSA) is 115 Å². The molecule has 0 amide bonds. The Labute approximate surface area is 194 Å². The lowest BCUT2D eigenvalue weighted by Gasteiger charge is -2.16. The lowest BCUT2D eigenvalue weighted by Crippen LogP contribution is -2.28. The second kappa shape index (κ2) is 8.87. The van der Waals surface area contributed by atoms with E-state index in [1.54, 1.807) is 6.92 Å². The molecule has 1 heterocycles. The Morgan fingerprint density at radius 1 is 0.912 bits per heavy atom. The Hall–Kier alpha value is -3.19. The second-order valence-electron chi connectivity index (χ2n) is 7.49. The number of benzene rings is 2. The maximum Gasteiger partial charge on any atom is 0.534 e. The summed E-state index contributed by atoms with van der Waals surface area (Å²) in [6.07, 6.45) is 1.12. The molecule has 0 atom stereocenters. The predicted molar refractivity (Wildman–Crippen MR) is 118 cm³/mol. The van der Waals surface area contributed by atoms with E-state index < -0.39 is 31.2 Å². The Kier molecular flexibility index (Phi) is 6.64. The first-order valence-electron chi connectivity index (χ1n) is 9.66. The molecule has 0 unspecified atom stereocenters. The summed E-state index contributed by atoms with van der Waals surface area (Å²) in [7, 11) is -10.1. The van der Waals surface area contributed by atoms with Gasteiger partial charge in [0.1, 0.15) is 16.5 Å². The Morgan fingerprint density at radius 2 is 1.47 bits per heavy atom. The molecule has 34 heavy (non-hydrogen) atoms. The lowest BCUT2D eigenvalue weighted by atomic mass is 10.1. The van der Waals surface area contributed by atoms with E-state index in [9.17, 15) is 30.0 Å². The quantitative estimate of drug-likeness (QED) is 0.377. The van der Waals surface area contributed by atoms with Crippen LogP contribution in [0.25, 0.3) is 0 Å². The first-order valence-corrected chi connectivity index (χ1v) is 12.6. The van der Waals surface area contributed by atoms with Gasteiger partial charge in [0.25, 0.3) is 0 Å². The molecule has 0 radical (unpaired) electrons. The van der Waals surface area contributed by atoms with Crippen LogP contribution in [0, 0.1) is 27.7 Å². The van der Waals surface area contributed by atoms with Crippen LogP contribution in [-0.2, 0) is 20.0 Å².